The van der Waals surface area contributed by atoms with Crippen molar-refractivity contribution in [1.82, 2.24) is 10.2 Å². The van der Waals surface area contributed by atoms with E-state index in [2.05, 4.69) is 5.32 Å². The summed E-state index contributed by atoms with van der Waals surface area (Å²) in [7, 11) is -3.15. The Hall–Kier alpha value is -0.820. The molecule has 1 aliphatic rings. The van der Waals surface area contributed by atoms with Crippen LogP contribution in [-0.4, -0.2) is 56.5 Å². The molecule has 0 bridgehead atoms. The van der Waals surface area contributed by atoms with Crippen molar-refractivity contribution in [3.63, 3.8) is 0 Å². The van der Waals surface area contributed by atoms with Crippen LogP contribution in [0, 0.1) is 0 Å². The van der Waals surface area contributed by atoms with Crippen LogP contribution in [0.3, 0.4) is 0 Å². The smallest absolute Gasteiger partial charge is 0.317 e. The molecule has 2 amide bonds. The normalized spacial score (nSPS) is 18.6. The predicted octanol–water partition coefficient (Wildman–Crippen LogP) is -0.836. The van der Waals surface area contributed by atoms with Crippen molar-refractivity contribution in [2.24, 2.45) is 5.73 Å². The van der Waals surface area contributed by atoms with Crippen LogP contribution < -0.4 is 11.1 Å². The van der Waals surface area contributed by atoms with Crippen molar-refractivity contribution in [1.29, 1.82) is 0 Å². The number of urea groups is 1. The first-order chi connectivity index (χ1) is 7.44. The Balaban J connectivity index is 2.38. The molecular formula is C9H19N3O3S. The number of carbonyl (C=O) groups is 1. The van der Waals surface area contributed by atoms with E-state index < -0.39 is 9.84 Å². The molecule has 6 nitrogen and oxygen atoms in total. The third-order valence-corrected chi connectivity index (χ3v) is 4.35. The Kier molecular flexibility index (Phi) is 4.55. The number of nitrogens with one attached hydrogen (secondary N) is 1. The third kappa shape index (κ3) is 3.97. The van der Waals surface area contributed by atoms with Gasteiger partial charge in [0.2, 0.25) is 0 Å². The van der Waals surface area contributed by atoms with Gasteiger partial charge in [-0.05, 0) is 6.42 Å². The van der Waals surface area contributed by atoms with Crippen LogP contribution >= 0.6 is 0 Å². The highest BCUT2D eigenvalue weighted by Gasteiger charge is 2.22. The minimum Gasteiger partial charge on any atom is -0.336 e. The van der Waals surface area contributed by atoms with E-state index in [9.17, 15) is 13.2 Å². The van der Waals surface area contributed by atoms with E-state index in [4.69, 9.17) is 5.73 Å². The van der Waals surface area contributed by atoms with Crippen LogP contribution in [0.2, 0.25) is 0 Å². The van der Waals surface area contributed by atoms with E-state index in [-0.39, 0.29) is 30.1 Å². The van der Waals surface area contributed by atoms with Gasteiger partial charge < -0.3 is 16.0 Å². The van der Waals surface area contributed by atoms with Gasteiger partial charge in [-0.2, -0.15) is 0 Å². The van der Waals surface area contributed by atoms with Crippen LogP contribution in [0.4, 0.5) is 4.79 Å². The van der Waals surface area contributed by atoms with Crippen LogP contribution in [0.1, 0.15) is 13.3 Å². The first-order valence-electron chi connectivity index (χ1n) is 5.43. The molecule has 16 heavy (non-hydrogen) atoms. The summed E-state index contributed by atoms with van der Waals surface area (Å²) in [5.41, 5.74) is 5.60. The van der Waals surface area contributed by atoms with E-state index in [0.29, 0.717) is 19.5 Å². The molecule has 0 saturated carbocycles. The molecule has 1 fully saturated rings. The molecule has 1 unspecified atom stereocenters. The molecule has 0 aromatic heterocycles. The summed E-state index contributed by atoms with van der Waals surface area (Å²) in [6.45, 7) is 3.28. The molecule has 1 heterocycles. The highest BCUT2D eigenvalue weighted by atomic mass is 32.2. The van der Waals surface area contributed by atoms with Crippen molar-refractivity contribution in [2.75, 3.05) is 31.1 Å². The fraction of sp³-hybridized carbons (Fsp3) is 0.889. The van der Waals surface area contributed by atoms with Crippen LogP contribution in [-0.2, 0) is 9.84 Å². The Morgan fingerprint density at radius 1 is 1.56 bits per heavy atom. The van der Waals surface area contributed by atoms with Gasteiger partial charge >= 0.3 is 6.03 Å². The van der Waals surface area contributed by atoms with Crippen LogP contribution in [0.5, 0.6) is 0 Å². The summed E-state index contributed by atoms with van der Waals surface area (Å²) in [5, 5.41) is 2.63. The van der Waals surface area contributed by atoms with E-state index in [1.165, 1.54) is 4.90 Å². The third-order valence-electron chi connectivity index (χ3n) is 2.61. The Labute approximate surface area is 96.1 Å². The van der Waals surface area contributed by atoms with Gasteiger partial charge in [-0.3, -0.25) is 0 Å². The molecule has 0 aromatic carbocycles. The Bertz CT molecular complexity index is 342. The van der Waals surface area contributed by atoms with Crippen molar-refractivity contribution in [3.05, 3.63) is 0 Å². The van der Waals surface area contributed by atoms with Crippen molar-refractivity contribution in [2.45, 2.75) is 19.4 Å². The standard InChI is InChI=1S/C9H19N3O3S/c1-2-8(10)7-16(14,15)6-5-12-4-3-11-9(12)13/h8H,2-7,10H2,1H3,(H,11,13). The van der Waals surface area contributed by atoms with Gasteiger partial charge in [0.15, 0.2) is 9.84 Å². The van der Waals surface area contributed by atoms with Gasteiger partial charge in [0.25, 0.3) is 0 Å². The maximum absolute atomic E-state index is 11.6. The lowest BCUT2D eigenvalue weighted by molar-refractivity contribution is 0.220. The van der Waals surface area contributed by atoms with Gasteiger partial charge in [0.05, 0.1) is 11.5 Å². The topological polar surface area (TPSA) is 92.5 Å². The summed E-state index contributed by atoms with van der Waals surface area (Å²) in [6, 6.07) is -0.493. The van der Waals surface area contributed by atoms with Gasteiger partial charge in [-0.1, -0.05) is 6.92 Å². The molecule has 1 atom stereocenters. The molecule has 94 valence electrons. The summed E-state index contributed by atoms with van der Waals surface area (Å²) in [5.74, 6) is -0.00687. The molecule has 0 radical (unpaired) electrons. The first kappa shape index (κ1) is 13.2. The average molecular weight is 249 g/mol. The van der Waals surface area contributed by atoms with Crippen molar-refractivity contribution in [3.8, 4) is 0 Å². The highest BCUT2D eigenvalue weighted by molar-refractivity contribution is 7.91. The second-order valence-electron chi connectivity index (χ2n) is 4.00. The monoisotopic (exact) mass is 249 g/mol. The lowest BCUT2D eigenvalue weighted by atomic mass is 10.3. The summed E-state index contributed by atoms with van der Waals surface area (Å²) >= 11 is 0. The number of amides is 2. The summed E-state index contributed by atoms with van der Waals surface area (Å²) < 4.78 is 23.2. The Morgan fingerprint density at radius 3 is 2.75 bits per heavy atom. The number of sulfone groups is 1. The second kappa shape index (κ2) is 5.49. The van der Waals surface area contributed by atoms with E-state index >= 15 is 0 Å². The Morgan fingerprint density at radius 2 is 2.25 bits per heavy atom. The zero-order valence-electron chi connectivity index (χ0n) is 9.48. The number of rotatable bonds is 6. The SMILES string of the molecule is CCC(N)CS(=O)(=O)CCN1CCNC1=O. The molecule has 1 rings (SSSR count). The van der Waals surface area contributed by atoms with Crippen LogP contribution in [0.15, 0.2) is 0 Å². The second-order valence-corrected chi connectivity index (χ2v) is 6.23. The highest BCUT2D eigenvalue weighted by Crippen LogP contribution is 2.01. The largest absolute Gasteiger partial charge is 0.336 e. The summed E-state index contributed by atoms with van der Waals surface area (Å²) in [6.07, 6.45) is 0.642. The molecular weight excluding hydrogens is 230 g/mol. The van der Waals surface area contributed by atoms with Crippen molar-refractivity contribution >= 4 is 15.9 Å². The number of carbonyl (C=O) groups excluding carboxylic acids is 1. The summed E-state index contributed by atoms with van der Waals surface area (Å²) in [4.78, 5) is 12.7. The molecule has 0 aromatic rings. The maximum Gasteiger partial charge on any atom is 0.317 e. The number of hydrogen-bond acceptors (Lipinski definition) is 4. The first-order valence-corrected chi connectivity index (χ1v) is 7.25. The van der Waals surface area contributed by atoms with Crippen molar-refractivity contribution < 1.29 is 13.2 Å². The minimum absolute atomic E-state index is 0.00103. The zero-order chi connectivity index (χ0) is 12.2. The van der Waals surface area contributed by atoms with Crippen LogP contribution in [0.25, 0.3) is 0 Å². The quantitative estimate of drug-likeness (QED) is 0.642. The molecule has 7 heteroatoms. The van der Waals surface area contributed by atoms with Gasteiger partial charge in [0.1, 0.15) is 0 Å². The molecule has 3 N–H and O–H groups in total. The van der Waals surface area contributed by atoms with Gasteiger partial charge in [-0.25, -0.2) is 13.2 Å². The molecule has 0 spiro atoms. The van der Waals surface area contributed by atoms with Gasteiger partial charge in [0, 0.05) is 25.7 Å². The van der Waals surface area contributed by atoms with E-state index in [1.54, 1.807) is 0 Å². The minimum atomic E-state index is -3.15. The number of hydrogen-bond donors (Lipinski definition) is 2. The molecule has 1 aliphatic heterocycles. The fourth-order valence-electron chi connectivity index (χ4n) is 1.50. The fourth-order valence-corrected chi connectivity index (χ4v) is 3.05. The molecule has 1 saturated heterocycles. The van der Waals surface area contributed by atoms with E-state index in [1.807, 2.05) is 6.92 Å². The van der Waals surface area contributed by atoms with E-state index in [0.717, 1.165) is 0 Å². The maximum atomic E-state index is 11.6. The number of nitrogens with zero attached hydrogens (tertiary/aromatic N) is 1. The van der Waals surface area contributed by atoms with Gasteiger partial charge in [-0.15, -0.1) is 0 Å². The lowest BCUT2D eigenvalue weighted by Gasteiger charge is -2.15. The predicted molar refractivity (Wildman–Crippen MR) is 61.9 cm³/mol. The zero-order valence-corrected chi connectivity index (χ0v) is 10.3. The lowest BCUT2D eigenvalue weighted by Crippen LogP contribution is -2.36. The molecule has 0 aliphatic carbocycles. The average Bonchev–Trinajstić information content (AvgIpc) is 2.60. The number of nitrogens with two attached hydrogens (primary N) is 1.